The molecule has 10 heteroatoms. The number of carbonyl (C=O) groups excluding carboxylic acids is 1. The van der Waals surface area contributed by atoms with E-state index in [9.17, 15) is 4.79 Å². The van der Waals surface area contributed by atoms with Crippen molar-refractivity contribution < 1.29 is 23.7 Å². The third-order valence-corrected chi connectivity index (χ3v) is 4.83. The van der Waals surface area contributed by atoms with E-state index in [1.807, 2.05) is 32.9 Å². The molecule has 182 valence electrons. The lowest BCUT2D eigenvalue weighted by atomic mass is 10.1. The van der Waals surface area contributed by atoms with Crippen molar-refractivity contribution in [1.82, 2.24) is 15.1 Å². The number of hydrogen-bond acceptors (Lipinski definition) is 7. The van der Waals surface area contributed by atoms with Crippen molar-refractivity contribution in [2.75, 3.05) is 61.1 Å². The van der Waals surface area contributed by atoms with Gasteiger partial charge in [0.25, 0.3) is 0 Å². The highest BCUT2D eigenvalue weighted by Gasteiger charge is 2.22. The molecule has 0 radical (unpaired) electrons. The van der Waals surface area contributed by atoms with Crippen LogP contribution in [0.5, 0.6) is 17.2 Å². The van der Waals surface area contributed by atoms with Crippen LogP contribution in [0.2, 0.25) is 0 Å². The van der Waals surface area contributed by atoms with Gasteiger partial charge in [0.15, 0.2) is 17.5 Å². The van der Waals surface area contributed by atoms with E-state index in [1.165, 1.54) is 0 Å². The van der Waals surface area contributed by atoms with Gasteiger partial charge in [-0.1, -0.05) is 0 Å². The van der Waals surface area contributed by atoms with Crippen LogP contribution in [0.3, 0.4) is 0 Å². The predicted octanol–water partition coefficient (Wildman–Crippen LogP) is 2.37. The summed E-state index contributed by atoms with van der Waals surface area (Å²) in [6.45, 7) is 9.77. The molecular weight excluding hydrogens is 527 g/mol. The Morgan fingerprint density at radius 3 is 2.03 bits per heavy atom. The lowest BCUT2D eigenvalue weighted by Crippen LogP contribution is -2.53. The second-order valence-electron chi connectivity index (χ2n) is 8.28. The molecule has 1 heterocycles. The average molecular weight is 564 g/mol. The second kappa shape index (κ2) is 12.9. The minimum Gasteiger partial charge on any atom is -0.493 e. The zero-order valence-electron chi connectivity index (χ0n) is 20.2. The summed E-state index contributed by atoms with van der Waals surface area (Å²) < 4.78 is 21.7. The summed E-state index contributed by atoms with van der Waals surface area (Å²) in [5, 5.41) is 3.10. The van der Waals surface area contributed by atoms with Crippen LogP contribution in [0.4, 0.5) is 0 Å². The van der Waals surface area contributed by atoms with Crippen molar-refractivity contribution in [2.24, 2.45) is 4.99 Å². The van der Waals surface area contributed by atoms with Crippen molar-refractivity contribution in [2.45, 2.75) is 32.9 Å². The van der Waals surface area contributed by atoms with Crippen molar-refractivity contribution >= 4 is 35.9 Å². The molecule has 0 aliphatic carbocycles. The molecule has 1 aromatic rings. The minimum absolute atomic E-state index is 0. The third-order valence-electron chi connectivity index (χ3n) is 4.83. The van der Waals surface area contributed by atoms with Crippen LogP contribution in [0, 0.1) is 0 Å². The number of halogens is 1. The maximum absolute atomic E-state index is 12.0. The normalized spacial score (nSPS) is 15.0. The second-order valence-corrected chi connectivity index (χ2v) is 8.28. The average Bonchev–Trinajstić information content (AvgIpc) is 2.73. The van der Waals surface area contributed by atoms with Crippen LogP contribution < -0.4 is 19.5 Å². The number of carbonyl (C=O) groups is 1. The molecule has 0 atom stereocenters. The lowest BCUT2D eigenvalue weighted by molar-refractivity contribution is -0.153. The van der Waals surface area contributed by atoms with Crippen LogP contribution in [-0.2, 0) is 16.1 Å². The Hall–Kier alpha value is -1.95. The molecule has 2 rings (SSSR count). The smallest absolute Gasteiger partial charge is 0.325 e. The fourth-order valence-corrected chi connectivity index (χ4v) is 3.46. The van der Waals surface area contributed by atoms with E-state index in [0.717, 1.165) is 38.3 Å². The third kappa shape index (κ3) is 8.19. The molecule has 0 bridgehead atoms. The van der Waals surface area contributed by atoms with Gasteiger partial charge in [0.1, 0.15) is 12.1 Å². The van der Waals surface area contributed by atoms with Gasteiger partial charge in [-0.25, -0.2) is 0 Å². The van der Waals surface area contributed by atoms with E-state index in [2.05, 4.69) is 20.1 Å². The maximum Gasteiger partial charge on any atom is 0.325 e. The number of piperazine rings is 1. The van der Waals surface area contributed by atoms with E-state index in [0.29, 0.717) is 23.2 Å². The highest BCUT2D eigenvalue weighted by atomic mass is 127. The number of hydrogen-bond donors (Lipinski definition) is 1. The summed E-state index contributed by atoms with van der Waals surface area (Å²) in [4.78, 5) is 20.8. The van der Waals surface area contributed by atoms with Gasteiger partial charge in [-0.05, 0) is 38.5 Å². The quantitative estimate of drug-likeness (QED) is 0.234. The lowest BCUT2D eigenvalue weighted by Gasteiger charge is -2.36. The van der Waals surface area contributed by atoms with E-state index >= 15 is 0 Å². The van der Waals surface area contributed by atoms with Crippen molar-refractivity contribution in [3.8, 4) is 17.2 Å². The monoisotopic (exact) mass is 564 g/mol. The first kappa shape index (κ1) is 28.1. The molecule has 1 aliphatic heterocycles. The Balaban J connectivity index is 0.00000512. The van der Waals surface area contributed by atoms with E-state index in [4.69, 9.17) is 18.9 Å². The number of ether oxygens (including phenoxy) is 4. The molecule has 1 fully saturated rings. The van der Waals surface area contributed by atoms with Crippen molar-refractivity contribution in [3.63, 3.8) is 0 Å². The standard InChI is InChI=1S/C22H36N4O5.HI/c1-22(2,3)31-19(27)14-24-21(23-4)26-10-8-25(9-11-26)15-16-12-17(28-5)20(30-7)18(13-16)29-6;/h12-13H,8-11,14-15H2,1-7H3,(H,23,24);1H. The summed E-state index contributed by atoms with van der Waals surface area (Å²) in [7, 11) is 6.56. The number of benzene rings is 1. The Morgan fingerprint density at radius 2 is 1.59 bits per heavy atom. The summed E-state index contributed by atoms with van der Waals surface area (Å²) >= 11 is 0. The molecule has 1 N–H and O–H groups in total. The number of rotatable bonds is 7. The van der Waals surface area contributed by atoms with Crippen LogP contribution in [-0.4, -0.2) is 88.4 Å². The topological polar surface area (TPSA) is 84.9 Å². The minimum atomic E-state index is -0.499. The maximum atomic E-state index is 12.0. The summed E-state index contributed by atoms with van der Waals surface area (Å²) in [5.74, 6) is 2.32. The number of aliphatic imine (C=N–C) groups is 1. The number of guanidine groups is 1. The summed E-state index contributed by atoms with van der Waals surface area (Å²) in [5.41, 5.74) is 0.594. The van der Waals surface area contributed by atoms with Gasteiger partial charge in [0.2, 0.25) is 5.75 Å². The largest absolute Gasteiger partial charge is 0.493 e. The molecule has 0 unspecified atom stereocenters. The number of methoxy groups -OCH3 is 3. The molecule has 9 nitrogen and oxygen atoms in total. The van der Waals surface area contributed by atoms with Gasteiger partial charge < -0.3 is 29.2 Å². The predicted molar refractivity (Wildman–Crippen MR) is 136 cm³/mol. The molecule has 0 spiro atoms. The Kier molecular flexibility index (Phi) is 11.3. The van der Waals surface area contributed by atoms with Gasteiger partial charge in [-0.2, -0.15) is 0 Å². The van der Waals surface area contributed by atoms with Gasteiger partial charge >= 0.3 is 5.97 Å². The Morgan fingerprint density at radius 1 is 1.03 bits per heavy atom. The molecule has 32 heavy (non-hydrogen) atoms. The number of nitrogens with one attached hydrogen (secondary N) is 1. The molecule has 0 aromatic heterocycles. The SMILES string of the molecule is CN=C(NCC(=O)OC(C)(C)C)N1CCN(Cc2cc(OC)c(OC)c(OC)c2)CC1.I. The van der Waals surface area contributed by atoms with Gasteiger partial charge in [0, 0.05) is 39.8 Å². The van der Waals surface area contributed by atoms with E-state index < -0.39 is 5.60 Å². The van der Waals surface area contributed by atoms with E-state index in [-0.39, 0.29) is 36.5 Å². The first-order valence-electron chi connectivity index (χ1n) is 10.4. The molecule has 0 amide bonds. The zero-order chi connectivity index (χ0) is 23.0. The van der Waals surface area contributed by atoms with Crippen LogP contribution in [0.15, 0.2) is 17.1 Å². The Labute approximate surface area is 208 Å². The number of esters is 1. The van der Waals surface area contributed by atoms with Gasteiger partial charge in [-0.3, -0.25) is 14.7 Å². The molecule has 1 saturated heterocycles. The Bertz CT molecular complexity index is 749. The van der Waals surface area contributed by atoms with Crippen molar-refractivity contribution in [1.29, 1.82) is 0 Å². The summed E-state index contributed by atoms with van der Waals surface area (Å²) in [6.07, 6.45) is 0. The molecular formula is C22H37IN4O5. The highest BCUT2D eigenvalue weighted by Crippen LogP contribution is 2.38. The fraction of sp³-hybridized carbons (Fsp3) is 0.636. The van der Waals surface area contributed by atoms with Gasteiger partial charge in [-0.15, -0.1) is 24.0 Å². The molecule has 0 saturated carbocycles. The van der Waals surface area contributed by atoms with Crippen LogP contribution >= 0.6 is 24.0 Å². The molecule has 1 aromatic carbocycles. The summed E-state index contributed by atoms with van der Waals surface area (Å²) in [6, 6.07) is 3.96. The zero-order valence-corrected chi connectivity index (χ0v) is 22.5. The fourth-order valence-electron chi connectivity index (χ4n) is 3.46. The molecule has 1 aliphatic rings. The number of nitrogens with zero attached hydrogens (tertiary/aromatic N) is 3. The van der Waals surface area contributed by atoms with Crippen LogP contribution in [0.25, 0.3) is 0 Å². The first-order valence-corrected chi connectivity index (χ1v) is 10.4. The van der Waals surface area contributed by atoms with Gasteiger partial charge in [0.05, 0.1) is 21.3 Å². The van der Waals surface area contributed by atoms with Crippen molar-refractivity contribution in [3.05, 3.63) is 17.7 Å². The highest BCUT2D eigenvalue weighted by molar-refractivity contribution is 14.0. The first-order chi connectivity index (χ1) is 14.7. The van der Waals surface area contributed by atoms with Crippen LogP contribution in [0.1, 0.15) is 26.3 Å². The van der Waals surface area contributed by atoms with E-state index in [1.54, 1.807) is 28.4 Å².